The predicted octanol–water partition coefficient (Wildman–Crippen LogP) is 5.97. The molecular formula is C18H25ClF2. The predicted molar refractivity (Wildman–Crippen MR) is 84.6 cm³/mol. The Kier molecular flexibility index (Phi) is 5.29. The van der Waals surface area contributed by atoms with Gasteiger partial charge in [0, 0.05) is 11.4 Å². The van der Waals surface area contributed by atoms with Crippen molar-refractivity contribution in [2.45, 2.75) is 58.3 Å². The van der Waals surface area contributed by atoms with Gasteiger partial charge in [0.1, 0.15) is 11.6 Å². The van der Waals surface area contributed by atoms with Gasteiger partial charge in [-0.3, -0.25) is 0 Å². The maximum absolute atomic E-state index is 13.7. The Hall–Kier alpha value is -0.630. The van der Waals surface area contributed by atoms with Crippen molar-refractivity contribution in [3.05, 3.63) is 35.4 Å². The third kappa shape index (κ3) is 4.42. The Balaban J connectivity index is 1.92. The molecular weight excluding hydrogens is 290 g/mol. The number of hydrogen-bond acceptors (Lipinski definition) is 0. The van der Waals surface area contributed by atoms with Gasteiger partial charge in [-0.2, -0.15) is 0 Å². The van der Waals surface area contributed by atoms with Crippen LogP contribution in [-0.4, -0.2) is 5.38 Å². The molecule has 1 atom stereocenters. The summed E-state index contributed by atoms with van der Waals surface area (Å²) in [6.45, 7) is 6.89. The van der Waals surface area contributed by atoms with Crippen molar-refractivity contribution in [3.63, 3.8) is 0 Å². The molecule has 0 radical (unpaired) electrons. The van der Waals surface area contributed by atoms with Gasteiger partial charge in [0.05, 0.1) is 0 Å². The van der Waals surface area contributed by atoms with E-state index in [2.05, 4.69) is 20.8 Å². The Morgan fingerprint density at radius 1 is 1.14 bits per heavy atom. The molecule has 1 fully saturated rings. The number of benzene rings is 1. The smallest absolute Gasteiger partial charge is 0.129 e. The van der Waals surface area contributed by atoms with Crippen LogP contribution >= 0.6 is 11.6 Å². The summed E-state index contributed by atoms with van der Waals surface area (Å²) in [5.41, 5.74) is 0.880. The normalized spacial score (nSPS) is 24.9. The average Bonchev–Trinajstić information content (AvgIpc) is 2.41. The third-order valence-electron chi connectivity index (χ3n) is 4.94. The first kappa shape index (κ1) is 16.7. The highest BCUT2D eigenvalue weighted by molar-refractivity contribution is 6.20. The average molecular weight is 315 g/mol. The van der Waals surface area contributed by atoms with E-state index in [0.717, 1.165) is 24.8 Å². The van der Waals surface area contributed by atoms with Crippen LogP contribution in [0.4, 0.5) is 8.78 Å². The van der Waals surface area contributed by atoms with E-state index in [1.54, 1.807) is 0 Å². The molecule has 1 aromatic carbocycles. The summed E-state index contributed by atoms with van der Waals surface area (Å²) in [5.74, 6) is 0.173. The molecule has 21 heavy (non-hydrogen) atoms. The zero-order valence-electron chi connectivity index (χ0n) is 13.1. The van der Waals surface area contributed by atoms with Crippen LogP contribution in [0.2, 0.25) is 0 Å². The minimum absolute atomic E-state index is 0.0640. The highest BCUT2D eigenvalue weighted by atomic mass is 35.5. The second kappa shape index (κ2) is 6.64. The van der Waals surface area contributed by atoms with Crippen molar-refractivity contribution in [2.75, 3.05) is 0 Å². The molecule has 0 saturated heterocycles. The molecule has 0 aliphatic heterocycles. The largest absolute Gasteiger partial charge is 0.207 e. The molecule has 3 heteroatoms. The van der Waals surface area contributed by atoms with E-state index in [9.17, 15) is 8.78 Å². The van der Waals surface area contributed by atoms with Crippen LogP contribution in [0.3, 0.4) is 0 Å². The molecule has 1 saturated carbocycles. The Morgan fingerprint density at radius 2 is 1.76 bits per heavy atom. The molecule has 0 spiro atoms. The molecule has 2 rings (SSSR count). The number of halogens is 3. The van der Waals surface area contributed by atoms with Gasteiger partial charge < -0.3 is 0 Å². The summed E-state index contributed by atoms with van der Waals surface area (Å²) in [6.07, 6.45) is 5.10. The molecule has 0 bridgehead atoms. The molecule has 1 aromatic rings. The van der Waals surface area contributed by atoms with Crippen molar-refractivity contribution in [1.29, 1.82) is 0 Å². The van der Waals surface area contributed by atoms with Gasteiger partial charge in [0.25, 0.3) is 0 Å². The third-order valence-corrected chi connectivity index (χ3v) is 5.45. The van der Waals surface area contributed by atoms with Crippen molar-refractivity contribution in [2.24, 2.45) is 17.3 Å². The minimum atomic E-state index is -0.534. The molecule has 0 heterocycles. The Labute approximate surface area is 131 Å². The molecule has 118 valence electrons. The number of alkyl halides is 1. The second-order valence-electron chi connectivity index (χ2n) is 7.43. The van der Waals surface area contributed by atoms with Crippen LogP contribution in [0, 0.1) is 28.9 Å². The lowest BCUT2D eigenvalue weighted by molar-refractivity contribution is 0.148. The van der Waals surface area contributed by atoms with Gasteiger partial charge in [0.2, 0.25) is 0 Å². The second-order valence-corrected chi connectivity index (χ2v) is 7.99. The maximum atomic E-state index is 13.7. The van der Waals surface area contributed by atoms with E-state index in [0.29, 0.717) is 23.3 Å². The first-order valence-electron chi connectivity index (χ1n) is 7.85. The zero-order chi connectivity index (χ0) is 15.6. The van der Waals surface area contributed by atoms with Gasteiger partial charge in [-0.1, -0.05) is 26.8 Å². The van der Waals surface area contributed by atoms with Gasteiger partial charge in [-0.05, 0) is 61.0 Å². The van der Waals surface area contributed by atoms with Gasteiger partial charge in [-0.15, -0.1) is 11.6 Å². The van der Waals surface area contributed by atoms with Crippen LogP contribution in [0.25, 0.3) is 0 Å². The first-order valence-corrected chi connectivity index (χ1v) is 8.29. The fraction of sp³-hybridized carbons (Fsp3) is 0.667. The highest BCUT2D eigenvalue weighted by Gasteiger charge is 2.32. The minimum Gasteiger partial charge on any atom is -0.207 e. The summed E-state index contributed by atoms with van der Waals surface area (Å²) in [5, 5.41) is -0.0640. The summed E-state index contributed by atoms with van der Waals surface area (Å²) >= 11 is 6.51. The number of hydrogen-bond donors (Lipinski definition) is 0. The van der Waals surface area contributed by atoms with Crippen LogP contribution < -0.4 is 0 Å². The van der Waals surface area contributed by atoms with E-state index in [-0.39, 0.29) is 5.38 Å². The van der Waals surface area contributed by atoms with E-state index in [1.807, 2.05) is 0 Å². The van der Waals surface area contributed by atoms with Crippen LogP contribution in [0.15, 0.2) is 18.2 Å². The first-order chi connectivity index (χ1) is 9.77. The standard InChI is InChI=1S/C18H25ClF2/c1-18(2,3)14-7-4-12(5-8-14)16(19)10-13-6-9-15(20)11-17(13)21/h6,9,11-12,14,16H,4-5,7-8,10H2,1-3H3. The molecule has 0 N–H and O–H groups in total. The Bertz CT molecular complexity index is 471. The molecule has 1 aliphatic rings. The van der Waals surface area contributed by atoms with E-state index in [4.69, 9.17) is 11.6 Å². The zero-order valence-corrected chi connectivity index (χ0v) is 13.9. The van der Waals surface area contributed by atoms with Crippen LogP contribution in [0.1, 0.15) is 52.0 Å². The summed E-state index contributed by atoms with van der Waals surface area (Å²) in [6, 6.07) is 3.76. The molecule has 1 aliphatic carbocycles. The molecule has 0 aromatic heterocycles. The van der Waals surface area contributed by atoms with E-state index >= 15 is 0 Å². The molecule has 0 nitrogen and oxygen atoms in total. The van der Waals surface area contributed by atoms with Crippen LogP contribution in [-0.2, 0) is 6.42 Å². The van der Waals surface area contributed by atoms with Crippen molar-refractivity contribution in [3.8, 4) is 0 Å². The van der Waals surface area contributed by atoms with Crippen molar-refractivity contribution in [1.82, 2.24) is 0 Å². The summed E-state index contributed by atoms with van der Waals surface area (Å²) in [7, 11) is 0. The van der Waals surface area contributed by atoms with Crippen LogP contribution in [0.5, 0.6) is 0 Å². The van der Waals surface area contributed by atoms with E-state index < -0.39 is 11.6 Å². The molecule has 0 amide bonds. The van der Waals surface area contributed by atoms with Gasteiger partial charge in [0.15, 0.2) is 0 Å². The van der Waals surface area contributed by atoms with Gasteiger partial charge >= 0.3 is 0 Å². The lowest BCUT2D eigenvalue weighted by Gasteiger charge is -2.38. The lowest BCUT2D eigenvalue weighted by Crippen LogP contribution is -2.29. The fourth-order valence-corrected chi connectivity index (χ4v) is 3.83. The summed E-state index contributed by atoms with van der Waals surface area (Å²) in [4.78, 5) is 0. The van der Waals surface area contributed by atoms with Crippen molar-refractivity contribution >= 4 is 11.6 Å². The quantitative estimate of drug-likeness (QED) is 0.603. The number of rotatable bonds is 3. The molecule has 1 unspecified atom stereocenters. The fourth-order valence-electron chi connectivity index (χ4n) is 3.41. The van der Waals surface area contributed by atoms with Crippen molar-refractivity contribution < 1.29 is 8.78 Å². The lowest BCUT2D eigenvalue weighted by atomic mass is 9.69. The highest BCUT2D eigenvalue weighted by Crippen LogP contribution is 2.42. The monoisotopic (exact) mass is 314 g/mol. The summed E-state index contributed by atoms with van der Waals surface area (Å²) < 4.78 is 26.6. The SMILES string of the molecule is CC(C)(C)C1CCC(C(Cl)Cc2ccc(F)cc2F)CC1. The van der Waals surface area contributed by atoms with Gasteiger partial charge in [-0.25, -0.2) is 8.78 Å². The maximum Gasteiger partial charge on any atom is 0.129 e. The van der Waals surface area contributed by atoms with E-state index in [1.165, 1.54) is 25.0 Å². The topological polar surface area (TPSA) is 0 Å². The Morgan fingerprint density at radius 3 is 2.29 bits per heavy atom.